The lowest BCUT2D eigenvalue weighted by Gasteiger charge is -2.17. The number of hydrogen-bond donors (Lipinski definition) is 2. The SMILES string of the molecule is CCc1ccc(OCCNC(=O)Nc2ccc(N3CCCC3)cc2)cc1. The number of anilines is 2. The molecule has 0 radical (unpaired) electrons. The van der Waals surface area contributed by atoms with Crippen molar-refractivity contribution in [2.45, 2.75) is 26.2 Å². The molecule has 2 aromatic carbocycles. The first-order valence-electron chi connectivity index (χ1n) is 9.36. The zero-order valence-electron chi connectivity index (χ0n) is 15.3. The number of amides is 2. The van der Waals surface area contributed by atoms with Crippen molar-refractivity contribution >= 4 is 17.4 Å². The van der Waals surface area contributed by atoms with Crippen LogP contribution in [0.15, 0.2) is 48.5 Å². The van der Waals surface area contributed by atoms with Crippen LogP contribution in [-0.4, -0.2) is 32.3 Å². The third-order valence-corrected chi connectivity index (χ3v) is 4.58. The maximum absolute atomic E-state index is 12.0. The van der Waals surface area contributed by atoms with Crippen LogP contribution in [0.2, 0.25) is 0 Å². The Morgan fingerprint density at radius 2 is 1.73 bits per heavy atom. The molecule has 5 heteroatoms. The minimum atomic E-state index is -0.219. The number of aryl methyl sites for hydroxylation is 1. The molecule has 1 saturated heterocycles. The molecule has 0 saturated carbocycles. The molecule has 2 N–H and O–H groups in total. The first-order chi connectivity index (χ1) is 12.7. The first kappa shape index (κ1) is 18.1. The molecule has 3 rings (SSSR count). The molecule has 1 aliphatic rings. The van der Waals surface area contributed by atoms with Crippen molar-refractivity contribution in [2.75, 3.05) is 36.5 Å². The number of rotatable bonds is 7. The molecular formula is C21H27N3O2. The van der Waals surface area contributed by atoms with Crippen LogP contribution in [0.25, 0.3) is 0 Å². The van der Waals surface area contributed by atoms with Gasteiger partial charge in [0.1, 0.15) is 12.4 Å². The largest absolute Gasteiger partial charge is 0.492 e. The van der Waals surface area contributed by atoms with Crippen LogP contribution in [0, 0.1) is 0 Å². The van der Waals surface area contributed by atoms with Crippen molar-refractivity contribution in [3.05, 3.63) is 54.1 Å². The summed E-state index contributed by atoms with van der Waals surface area (Å²) in [5.74, 6) is 0.821. The molecule has 0 spiro atoms. The summed E-state index contributed by atoms with van der Waals surface area (Å²) in [6.45, 7) is 5.25. The number of nitrogens with zero attached hydrogens (tertiary/aromatic N) is 1. The molecule has 138 valence electrons. The van der Waals surface area contributed by atoms with E-state index >= 15 is 0 Å². The fraction of sp³-hybridized carbons (Fsp3) is 0.381. The second kappa shape index (κ2) is 9.13. The van der Waals surface area contributed by atoms with E-state index in [0.717, 1.165) is 30.9 Å². The van der Waals surface area contributed by atoms with Gasteiger partial charge in [0.05, 0.1) is 6.54 Å². The third-order valence-electron chi connectivity index (χ3n) is 4.58. The van der Waals surface area contributed by atoms with Gasteiger partial charge in [0.2, 0.25) is 0 Å². The average Bonchev–Trinajstić information content (AvgIpc) is 3.21. The molecular weight excluding hydrogens is 326 g/mol. The van der Waals surface area contributed by atoms with Crippen LogP contribution in [0.3, 0.4) is 0 Å². The van der Waals surface area contributed by atoms with E-state index in [1.807, 2.05) is 24.3 Å². The van der Waals surface area contributed by atoms with Gasteiger partial charge in [0.25, 0.3) is 0 Å². The zero-order valence-corrected chi connectivity index (χ0v) is 15.3. The second-order valence-corrected chi connectivity index (χ2v) is 6.47. The van der Waals surface area contributed by atoms with Gasteiger partial charge < -0.3 is 20.3 Å². The fourth-order valence-electron chi connectivity index (χ4n) is 3.06. The van der Waals surface area contributed by atoms with E-state index in [0.29, 0.717) is 13.2 Å². The van der Waals surface area contributed by atoms with Crippen LogP contribution >= 0.6 is 0 Å². The summed E-state index contributed by atoms with van der Waals surface area (Å²) < 4.78 is 5.63. The molecule has 2 amide bonds. The van der Waals surface area contributed by atoms with Gasteiger partial charge in [-0.05, 0) is 61.2 Å². The van der Waals surface area contributed by atoms with E-state index in [4.69, 9.17) is 4.74 Å². The fourth-order valence-corrected chi connectivity index (χ4v) is 3.06. The van der Waals surface area contributed by atoms with Crippen molar-refractivity contribution in [2.24, 2.45) is 0 Å². The standard InChI is InChI=1S/C21H27N3O2/c1-2-17-5-11-20(12-6-17)26-16-13-22-21(25)23-18-7-9-19(10-8-18)24-14-3-4-15-24/h5-12H,2-4,13-16H2,1H3,(H2,22,23,25). The summed E-state index contributed by atoms with van der Waals surface area (Å²) in [6.07, 6.45) is 3.53. The van der Waals surface area contributed by atoms with E-state index in [1.54, 1.807) is 0 Å². The predicted octanol–water partition coefficient (Wildman–Crippen LogP) is 4.05. The molecule has 2 aromatic rings. The molecule has 26 heavy (non-hydrogen) atoms. The average molecular weight is 353 g/mol. The van der Waals surface area contributed by atoms with Gasteiger partial charge in [-0.2, -0.15) is 0 Å². The predicted molar refractivity (Wildman–Crippen MR) is 106 cm³/mol. The van der Waals surface area contributed by atoms with E-state index in [1.165, 1.54) is 24.1 Å². The van der Waals surface area contributed by atoms with Crippen LogP contribution < -0.4 is 20.3 Å². The van der Waals surface area contributed by atoms with E-state index in [-0.39, 0.29) is 6.03 Å². The summed E-state index contributed by atoms with van der Waals surface area (Å²) in [5, 5.41) is 5.66. The Labute approximate surface area is 155 Å². The Bertz CT molecular complexity index is 692. The highest BCUT2D eigenvalue weighted by atomic mass is 16.5. The second-order valence-electron chi connectivity index (χ2n) is 6.47. The molecule has 0 aliphatic carbocycles. The molecule has 0 aromatic heterocycles. The monoisotopic (exact) mass is 353 g/mol. The number of ether oxygens (including phenoxy) is 1. The van der Waals surface area contributed by atoms with Crippen molar-refractivity contribution in [1.82, 2.24) is 5.32 Å². The Morgan fingerprint density at radius 3 is 2.38 bits per heavy atom. The molecule has 0 atom stereocenters. The summed E-state index contributed by atoms with van der Waals surface area (Å²) >= 11 is 0. The summed E-state index contributed by atoms with van der Waals surface area (Å²) in [7, 11) is 0. The molecule has 1 fully saturated rings. The van der Waals surface area contributed by atoms with Crippen molar-refractivity contribution in [3.63, 3.8) is 0 Å². The van der Waals surface area contributed by atoms with Gasteiger partial charge in [0.15, 0.2) is 0 Å². The number of urea groups is 1. The molecule has 5 nitrogen and oxygen atoms in total. The van der Waals surface area contributed by atoms with E-state index in [9.17, 15) is 4.79 Å². The number of carbonyl (C=O) groups excluding carboxylic acids is 1. The Kier molecular flexibility index (Phi) is 6.36. The van der Waals surface area contributed by atoms with Gasteiger partial charge in [-0.15, -0.1) is 0 Å². The smallest absolute Gasteiger partial charge is 0.319 e. The highest BCUT2D eigenvalue weighted by molar-refractivity contribution is 5.89. The molecule has 1 aliphatic heterocycles. The maximum atomic E-state index is 12.0. The van der Waals surface area contributed by atoms with Crippen molar-refractivity contribution in [1.29, 1.82) is 0 Å². The van der Waals surface area contributed by atoms with Crippen molar-refractivity contribution < 1.29 is 9.53 Å². The molecule has 0 unspecified atom stereocenters. The van der Waals surface area contributed by atoms with Gasteiger partial charge in [-0.1, -0.05) is 19.1 Å². The molecule has 1 heterocycles. The highest BCUT2D eigenvalue weighted by Crippen LogP contribution is 2.21. The highest BCUT2D eigenvalue weighted by Gasteiger charge is 2.12. The lowest BCUT2D eigenvalue weighted by Crippen LogP contribution is -2.32. The van der Waals surface area contributed by atoms with Crippen LogP contribution in [0.1, 0.15) is 25.3 Å². The normalized spacial score (nSPS) is 13.5. The zero-order chi connectivity index (χ0) is 18.2. The Hall–Kier alpha value is -2.69. The Balaban J connectivity index is 1.36. The van der Waals surface area contributed by atoms with Gasteiger partial charge in [0, 0.05) is 24.5 Å². The first-order valence-corrected chi connectivity index (χ1v) is 9.36. The van der Waals surface area contributed by atoms with Crippen LogP contribution in [0.5, 0.6) is 5.75 Å². The topological polar surface area (TPSA) is 53.6 Å². The number of hydrogen-bond acceptors (Lipinski definition) is 3. The summed E-state index contributed by atoms with van der Waals surface area (Å²) in [6, 6.07) is 15.8. The number of carbonyl (C=O) groups is 1. The van der Waals surface area contributed by atoms with Gasteiger partial charge >= 0.3 is 6.03 Å². The minimum absolute atomic E-state index is 0.219. The third kappa shape index (κ3) is 5.15. The van der Waals surface area contributed by atoms with E-state index in [2.05, 4.69) is 46.7 Å². The van der Waals surface area contributed by atoms with Gasteiger partial charge in [-0.3, -0.25) is 0 Å². The van der Waals surface area contributed by atoms with Crippen LogP contribution in [-0.2, 0) is 6.42 Å². The number of benzene rings is 2. The van der Waals surface area contributed by atoms with Crippen molar-refractivity contribution in [3.8, 4) is 5.75 Å². The van der Waals surface area contributed by atoms with E-state index < -0.39 is 0 Å². The minimum Gasteiger partial charge on any atom is -0.492 e. The maximum Gasteiger partial charge on any atom is 0.319 e. The quantitative estimate of drug-likeness (QED) is 0.739. The van der Waals surface area contributed by atoms with Gasteiger partial charge in [-0.25, -0.2) is 4.79 Å². The summed E-state index contributed by atoms with van der Waals surface area (Å²) in [5.41, 5.74) is 3.29. The number of nitrogens with one attached hydrogen (secondary N) is 2. The molecule has 0 bridgehead atoms. The lowest BCUT2D eigenvalue weighted by atomic mass is 10.2. The summed E-state index contributed by atoms with van der Waals surface area (Å²) in [4.78, 5) is 14.3. The van der Waals surface area contributed by atoms with Crippen LogP contribution in [0.4, 0.5) is 16.2 Å². The lowest BCUT2D eigenvalue weighted by molar-refractivity contribution is 0.247. The Morgan fingerprint density at radius 1 is 1.04 bits per heavy atom.